The quantitative estimate of drug-likeness (QED) is 0.521. The molecule has 3 aromatic carbocycles. The summed E-state index contributed by atoms with van der Waals surface area (Å²) in [6, 6.07) is 21.9. The summed E-state index contributed by atoms with van der Waals surface area (Å²) in [6.07, 6.45) is 0. The van der Waals surface area contributed by atoms with Crippen molar-refractivity contribution in [2.24, 2.45) is 0 Å². The molecule has 0 spiro atoms. The van der Waals surface area contributed by atoms with Crippen molar-refractivity contribution in [3.05, 3.63) is 83.4 Å². The maximum Gasteiger partial charge on any atom is 0.264 e. The zero-order valence-electron chi connectivity index (χ0n) is 15.6. The van der Waals surface area contributed by atoms with Crippen molar-refractivity contribution >= 4 is 40.5 Å². The Kier molecular flexibility index (Phi) is 7.05. The molecule has 0 aliphatic rings. The van der Waals surface area contributed by atoms with Gasteiger partial charge in [0.15, 0.2) is 11.7 Å². The maximum atomic E-state index is 12.0. The Morgan fingerprint density at radius 1 is 1.00 bits per heavy atom. The minimum absolute atomic E-state index is 0.159. The highest BCUT2D eigenvalue weighted by molar-refractivity contribution is 7.80. The molecule has 0 aromatic heterocycles. The Morgan fingerprint density at radius 2 is 1.69 bits per heavy atom. The molecule has 3 aromatic rings. The topological polar surface area (TPSA) is 59.6 Å². The molecular weight excluding hydrogens is 408 g/mol. The van der Waals surface area contributed by atoms with E-state index >= 15 is 0 Å². The van der Waals surface area contributed by atoms with Crippen LogP contribution in [-0.2, 0) is 4.79 Å². The van der Waals surface area contributed by atoms with Gasteiger partial charge in [0.05, 0.1) is 0 Å². The number of carbonyl (C=O) groups is 1. The lowest BCUT2D eigenvalue weighted by molar-refractivity contribution is -0.121. The van der Waals surface area contributed by atoms with Crippen LogP contribution < -0.4 is 20.1 Å². The molecule has 0 radical (unpaired) electrons. The van der Waals surface area contributed by atoms with Crippen LogP contribution in [0.2, 0.25) is 5.02 Å². The number of hydrogen-bond acceptors (Lipinski definition) is 4. The van der Waals surface area contributed by atoms with Gasteiger partial charge in [-0.3, -0.25) is 10.1 Å². The van der Waals surface area contributed by atoms with Crippen molar-refractivity contribution < 1.29 is 14.3 Å². The molecule has 3 rings (SSSR count). The first-order valence-corrected chi connectivity index (χ1v) is 9.61. The number of aryl methyl sites for hydroxylation is 1. The third-order valence-electron chi connectivity index (χ3n) is 3.84. The molecule has 2 N–H and O–H groups in total. The number of anilines is 1. The van der Waals surface area contributed by atoms with E-state index in [9.17, 15) is 4.79 Å². The largest absolute Gasteiger partial charge is 0.483 e. The van der Waals surface area contributed by atoms with E-state index in [2.05, 4.69) is 10.6 Å². The minimum Gasteiger partial charge on any atom is -0.483 e. The number of hydrogen-bond donors (Lipinski definition) is 2. The van der Waals surface area contributed by atoms with Crippen molar-refractivity contribution in [1.82, 2.24) is 5.32 Å². The highest BCUT2D eigenvalue weighted by atomic mass is 35.5. The Morgan fingerprint density at radius 3 is 2.38 bits per heavy atom. The van der Waals surface area contributed by atoms with Crippen LogP contribution in [0.5, 0.6) is 17.2 Å². The third kappa shape index (κ3) is 6.48. The number of thiocarbonyl (C=S) groups is 1. The Labute approximate surface area is 179 Å². The normalized spacial score (nSPS) is 10.1. The summed E-state index contributed by atoms with van der Waals surface area (Å²) in [7, 11) is 0. The Hall–Kier alpha value is -3.09. The van der Waals surface area contributed by atoms with Crippen molar-refractivity contribution in [3.63, 3.8) is 0 Å². The average Bonchev–Trinajstić information content (AvgIpc) is 2.69. The monoisotopic (exact) mass is 426 g/mol. The lowest BCUT2D eigenvalue weighted by atomic mass is 10.2. The van der Waals surface area contributed by atoms with Gasteiger partial charge in [0.25, 0.3) is 5.91 Å². The van der Waals surface area contributed by atoms with E-state index < -0.39 is 0 Å². The predicted molar refractivity (Wildman–Crippen MR) is 119 cm³/mol. The fourth-order valence-corrected chi connectivity index (χ4v) is 2.93. The van der Waals surface area contributed by atoms with E-state index in [1.165, 1.54) is 0 Å². The van der Waals surface area contributed by atoms with Gasteiger partial charge in [-0.25, -0.2) is 0 Å². The maximum absolute atomic E-state index is 12.0. The molecule has 0 heterocycles. The third-order valence-corrected chi connectivity index (χ3v) is 4.28. The number of nitrogens with one attached hydrogen (secondary N) is 2. The van der Waals surface area contributed by atoms with Gasteiger partial charge in [-0.2, -0.15) is 0 Å². The Bertz CT molecular complexity index is 995. The second-order valence-electron chi connectivity index (χ2n) is 6.14. The van der Waals surface area contributed by atoms with Gasteiger partial charge in [0.2, 0.25) is 0 Å². The molecule has 0 saturated carbocycles. The van der Waals surface area contributed by atoms with Crippen LogP contribution in [0, 0.1) is 6.92 Å². The van der Waals surface area contributed by atoms with E-state index in [1.807, 2.05) is 61.5 Å². The van der Waals surface area contributed by atoms with E-state index in [-0.39, 0.29) is 17.6 Å². The number of amides is 1. The molecule has 1 amide bonds. The minimum atomic E-state index is -0.360. The van der Waals surface area contributed by atoms with Gasteiger partial charge in [-0.15, -0.1) is 0 Å². The van der Waals surface area contributed by atoms with Gasteiger partial charge in [-0.05, 0) is 79.3 Å². The number of carbonyl (C=O) groups excluding carboxylic acids is 1. The SMILES string of the molecule is Cc1cc(Cl)ccc1OCC(=O)NC(=S)Nc1ccc(Oc2ccccc2)cc1. The molecule has 0 unspecified atom stereocenters. The first-order valence-electron chi connectivity index (χ1n) is 8.82. The zero-order chi connectivity index (χ0) is 20.6. The lowest BCUT2D eigenvalue weighted by Gasteiger charge is -2.12. The molecule has 5 nitrogen and oxygen atoms in total. The fraction of sp³-hybridized carbons (Fsp3) is 0.0909. The van der Waals surface area contributed by atoms with Crippen molar-refractivity contribution in [2.75, 3.05) is 11.9 Å². The number of benzene rings is 3. The van der Waals surface area contributed by atoms with Crippen molar-refractivity contribution in [1.29, 1.82) is 0 Å². The number of para-hydroxylation sites is 1. The summed E-state index contributed by atoms with van der Waals surface area (Å²) in [5.74, 6) is 1.69. The summed E-state index contributed by atoms with van der Waals surface area (Å²) < 4.78 is 11.2. The van der Waals surface area contributed by atoms with Gasteiger partial charge >= 0.3 is 0 Å². The van der Waals surface area contributed by atoms with Crippen molar-refractivity contribution in [3.8, 4) is 17.2 Å². The molecule has 7 heteroatoms. The van der Waals surface area contributed by atoms with E-state index in [0.717, 1.165) is 17.0 Å². The van der Waals surface area contributed by atoms with Crippen LogP contribution in [0.4, 0.5) is 5.69 Å². The molecule has 0 aliphatic heterocycles. The molecule has 0 aliphatic carbocycles. The number of rotatable bonds is 6. The van der Waals surface area contributed by atoms with E-state index in [0.29, 0.717) is 16.5 Å². The predicted octanol–water partition coefficient (Wildman–Crippen LogP) is 5.33. The average molecular weight is 427 g/mol. The van der Waals surface area contributed by atoms with Crippen LogP contribution in [0.15, 0.2) is 72.8 Å². The van der Waals surface area contributed by atoms with E-state index in [4.69, 9.17) is 33.3 Å². The number of ether oxygens (including phenoxy) is 2. The molecule has 29 heavy (non-hydrogen) atoms. The zero-order valence-corrected chi connectivity index (χ0v) is 17.2. The van der Waals surface area contributed by atoms with Crippen LogP contribution in [0.1, 0.15) is 5.56 Å². The summed E-state index contributed by atoms with van der Waals surface area (Å²) >= 11 is 11.1. The van der Waals surface area contributed by atoms with Crippen LogP contribution >= 0.6 is 23.8 Å². The summed E-state index contributed by atoms with van der Waals surface area (Å²) in [6.45, 7) is 1.70. The highest BCUT2D eigenvalue weighted by Gasteiger charge is 2.08. The standard InChI is InChI=1S/C22H19ClN2O3S/c1-15-13-16(23)7-12-20(15)27-14-21(26)25-22(29)24-17-8-10-19(11-9-17)28-18-5-3-2-4-6-18/h2-13H,14H2,1H3,(H2,24,25,26,29). The molecular formula is C22H19ClN2O3S. The Balaban J connectivity index is 1.46. The van der Waals surface area contributed by atoms with Gasteiger partial charge in [-0.1, -0.05) is 29.8 Å². The molecule has 0 bridgehead atoms. The van der Waals surface area contributed by atoms with Crippen LogP contribution in [-0.4, -0.2) is 17.6 Å². The molecule has 0 fully saturated rings. The summed E-state index contributed by atoms with van der Waals surface area (Å²) in [4.78, 5) is 12.0. The fourth-order valence-electron chi connectivity index (χ4n) is 2.47. The van der Waals surface area contributed by atoms with Crippen molar-refractivity contribution in [2.45, 2.75) is 6.92 Å². The van der Waals surface area contributed by atoms with Crippen LogP contribution in [0.3, 0.4) is 0 Å². The first kappa shape index (κ1) is 20.6. The van der Waals surface area contributed by atoms with Crippen LogP contribution in [0.25, 0.3) is 0 Å². The van der Waals surface area contributed by atoms with Gasteiger partial charge < -0.3 is 14.8 Å². The van der Waals surface area contributed by atoms with E-state index in [1.54, 1.807) is 18.2 Å². The van der Waals surface area contributed by atoms with Gasteiger partial charge in [0.1, 0.15) is 17.2 Å². The second-order valence-corrected chi connectivity index (χ2v) is 6.98. The summed E-state index contributed by atoms with van der Waals surface area (Å²) in [5, 5.41) is 6.33. The molecule has 148 valence electrons. The lowest BCUT2D eigenvalue weighted by Crippen LogP contribution is -2.37. The molecule has 0 atom stereocenters. The highest BCUT2D eigenvalue weighted by Crippen LogP contribution is 2.23. The second kappa shape index (κ2) is 9.91. The summed E-state index contributed by atoms with van der Waals surface area (Å²) in [5.41, 5.74) is 1.58. The van der Waals surface area contributed by atoms with Gasteiger partial charge in [0, 0.05) is 10.7 Å². The molecule has 0 saturated heterocycles. The first-order chi connectivity index (χ1) is 14.0. The smallest absolute Gasteiger partial charge is 0.264 e. The number of halogens is 1.